The average Bonchev–Trinajstić information content (AvgIpc) is 3.78. The first kappa shape index (κ1) is 40.8. The van der Waals surface area contributed by atoms with E-state index in [2.05, 4.69) is 96.9 Å². The minimum absolute atomic E-state index is 0.00249. The van der Waals surface area contributed by atoms with E-state index in [4.69, 9.17) is 22.8 Å². The number of hydrogen-bond acceptors (Lipinski definition) is 7. The van der Waals surface area contributed by atoms with Crippen LogP contribution in [0.4, 0.5) is 0 Å². The highest BCUT2D eigenvalue weighted by molar-refractivity contribution is 6.77. The molecule has 0 aromatic heterocycles. The van der Waals surface area contributed by atoms with Crippen LogP contribution in [0.3, 0.4) is 0 Å². The molecular weight excluding hydrogens is 629 g/mol. The van der Waals surface area contributed by atoms with Crippen LogP contribution in [-0.4, -0.2) is 89.6 Å². The zero-order valence-electron chi connectivity index (χ0n) is 32.3. The summed E-state index contributed by atoms with van der Waals surface area (Å²) in [6, 6.07) is 6.30. The fourth-order valence-electron chi connectivity index (χ4n) is 9.89. The molecule has 2 N–H and O–H groups in total. The summed E-state index contributed by atoms with van der Waals surface area (Å²) in [7, 11) is -6.31. The summed E-state index contributed by atoms with van der Waals surface area (Å²) in [6.45, 7) is 32.5. The normalized spacial score (nSPS) is 34.5. The Kier molecular flexibility index (Phi) is 13.6. The third-order valence-corrected chi connectivity index (χ3v) is 29.0. The van der Waals surface area contributed by atoms with Gasteiger partial charge in [0.05, 0.1) is 24.4 Å². The second-order valence-electron chi connectivity index (χ2n) is 16.5. The van der Waals surface area contributed by atoms with Gasteiger partial charge in [0.2, 0.25) is 0 Å². The second-order valence-corrected chi connectivity index (χ2v) is 31.4. The van der Waals surface area contributed by atoms with Crippen LogP contribution < -0.4 is 0 Å². The van der Waals surface area contributed by atoms with E-state index in [-0.39, 0.29) is 30.8 Å². The lowest BCUT2D eigenvalue weighted by Gasteiger charge is -2.54. The maximum absolute atomic E-state index is 11.9. The molecule has 0 aromatic carbocycles. The van der Waals surface area contributed by atoms with Crippen LogP contribution in [0.5, 0.6) is 0 Å². The molecule has 0 saturated carbocycles. The number of rotatable bonds is 18. The Hall–Kier alpha value is 0.371. The van der Waals surface area contributed by atoms with Crippen molar-refractivity contribution in [1.82, 2.24) is 0 Å². The molecule has 0 unspecified atom stereocenters. The number of ether oxygens (including phenoxy) is 2. The molecule has 7 nitrogen and oxygen atoms in total. The molecule has 3 saturated heterocycles. The third-order valence-electron chi connectivity index (χ3n) is 13.5. The molecule has 3 rings (SSSR count). The SMILES string of the molecule is CC[Si](CC)(CC)O[C@H]1C[C@@](C)(O[Si](CC)(CC)CC)[C@H]2CC[C@@](O)(CO)[C@H](O2)[C@@H]2O[C@]12[C@H](C)CO[Si](C(C)C)(C(C)C)C(C)C. The van der Waals surface area contributed by atoms with E-state index in [1.54, 1.807) is 0 Å². The zero-order chi connectivity index (χ0) is 34.9. The Morgan fingerprint density at radius 1 is 0.783 bits per heavy atom. The topological polar surface area (TPSA) is 89.9 Å². The molecule has 3 heterocycles. The summed E-state index contributed by atoms with van der Waals surface area (Å²) in [5.74, 6) is 0.00249. The maximum atomic E-state index is 11.9. The molecule has 2 bridgehead atoms. The van der Waals surface area contributed by atoms with Crippen molar-refractivity contribution in [2.45, 2.75) is 210 Å². The molecule has 8 atom stereocenters. The predicted octanol–water partition coefficient (Wildman–Crippen LogP) is 8.80. The molecule has 272 valence electrons. The minimum atomic E-state index is -2.14. The molecule has 10 heteroatoms. The van der Waals surface area contributed by atoms with E-state index >= 15 is 0 Å². The van der Waals surface area contributed by atoms with Crippen LogP contribution in [0.25, 0.3) is 0 Å². The van der Waals surface area contributed by atoms with Gasteiger partial charge in [-0.3, -0.25) is 0 Å². The van der Waals surface area contributed by atoms with E-state index in [1.165, 1.54) is 0 Å². The van der Waals surface area contributed by atoms with Crippen LogP contribution in [0, 0.1) is 5.92 Å². The van der Waals surface area contributed by atoms with Crippen molar-refractivity contribution >= 4 is 25.0 Å². The van der Waals surface area contributed by atoms with E-state index in [0.717, 1.165) is 36.3 Å². The second kappa shape index (κ2) is 15.3. The summed E-state index contributed by atoms with van der Waals surface area (Å²) in [6.07, 6.45) is 0.351. The lowest BCUT2D eigenvalue weighted by molar-refractivity contribution is -0.239. The van der Waals surface area contributed by atoms with E-state index in [0.29, 0.717) is 42.5 Å². The molecule has 3 fully saturated rings. The predicted molar refractivity (Wildman–Crippen MR) is 197 cm³/mol. The van der Waals surface area contributed by atoms with Gasteiger partial charge in [0, 0.05) is 18.9 Å². The number of epoxide rings is 1. The van der Waals surface area contributed by atoms with Gasteiger partial charge in [-0.05, 0) is 72.7 Å². The molecule has 0 aromatic rings. The maximum Gasteiger partial charge on any atom is 0.200 e. The molecule has 0 amide bonds. The van der Waals surface area contributed by atoms with Gasteiger partial charge in [-0.25, -0.2) is 0 Å². The molecule has 0 radical (unpaired) electrons. The highest BCUT2D eigenvalue weighted by Crippen LogP contribution is 2.59. The molecular formula is C36H74O7Si3. The lowest BCUT2D eigenvalue weighted by Crippen LogP contribution is -2.67. The summed E-state index contributed by atoms with van der Waals surface area (Å²) in [4.78, 5) is 0. The average molecular weight is 703 g/mol. The van der Waals surface area contributed by atoms with Crippen molar-refractivity contribution in [2.75, 3.05) is 13.2 Å². The quantitative estimate of drug-likeness (QED) is 0.109. The standard InChI is InChI=1S/C36H74O7Si3/c1-15-44(16-2,17-3)42-31-23-34(14,43-45(18-4,19-5)20-6)30-21-22-35(38,25-37)32(40-30)33-36(31,41-33)29(13)24-39-46(26(7)8,27(9)10)28(11)12/h26-33,37-38H,15-25H2,1-14H3/t29-,30-,31+,32-,33+,34-,35-,36-/m1/s1. The first-order valence-electron chi connectivity index (χ1n) is 19.1. The van der Waals surface area contributed by atoms with E-state index in [9.17, 15) is 10.2 Å². The Morgan fingerprint density at radius 3 is 1.72 bits per heavy atom. The van der Waals surface area contributed by atoms with Gasteiger partial charge in [0.1, 0.15) is 23.4 Å². The van der Waals surface area contributed by atoms with Gasteiger partial charge in [-0.2, -0.15) is 0 Å². The van der Waals surface area contributed by atoms with Gasteiger partial charge >= 0.3 is 0 Å². The van der Waals surface area contributed by atoms with Crippen LogP contribution in [0.2, 0.25) is 52.9 Å². The van der Waals surface area contributed by atoms with Crippen molar-refractivity contribution in [3.05, 3.63) is 0 Å². The highest BCUT2D eigenvalue weighted by atomic mass is 28.4. The summed E-state index contributed by atoms with van der Waals surface area (Å²) in [5, 5.41) is 22.6. The summed E-state index contributed by atoms with van der Waals surface area (Å²) in [5.41, 5.74) is -1.23. The molecule has 3 aliphatic rings. The van der Waals surface area contributed by atoms with Crippen LogP contribution in [0.1, 0.15) is 116 Å². The smallest absolute Gasteiger partial charge is 0.200 e. The van der Waals surface area contributed by atoms with Crippen LogP contribution in [0.15, 0.2) is 0 Å². The Bertz CT molecular complexity index is 935. The van der Waals surface area contributed by atoms with Crippen molar-refractivity contribution in [3.8, 4) is 0 Å². The van der Waals surface area contributed by atoms with E-state index < -0.39 is 47.9 Å². The Labute approximate surface area is 286 Å². The summed E-state index contributed by atoms with van der Waals surface area (Å²) >= 11 is 0. The number of hydrogen-bond donors (Lipinski definition) is 2. The van der Waals surface area contributed by atoms with Crippen molar-refractivity contribution in [3.63, 3.8) is 0 Å². The molecule has 3 aliphatic heterocycles. The van der Waals surface area contributed by atoms with Crippen molar-refractivity contribution < 1.29 is 33.0 Å². The van der Waals surface area contributed by atoms with Gasteiger partial charge in [-0.15, -0.1) is 0 Å². The highest BCUT2D eigenvalue weighted by Gasteiger charge is 2.74. The van der Waals surface area contributed by atoms with Gasteiger partial charge < -0.3 is 33.0 Å². The largest absolute Gasteiger partial charge is 0.416 e. The Morgan fingerprint density at radius 2 is 1.28 bits per heavy atom. The fourth-order valence-corrected chi connectivity index (χ4v) is 21.4. The van der Waals surface area contributed by atoms with Crippen molar-refractivity contribution in [2.24, 2.45) is 5.92 Å². The van der Waals surface area contributed by atoms with Gasteiger partial charge in [0.25, 0.3) is 0 Å². The number of aliphatic hydroxyl groups is 2. The van der Waals surface area contributed by atoms with E-state index in [1.807, 2.05) is 0 Å². The number of fused-ring (bicyclic) bond motifs is 4. The van der Waals surface area contributed by atoms with Crippen LogP contribution >= 0.6 is 0 Å². The van der Waals surface area contributed by atoms with Gasteiger partial charge in [0.15, 0.2) is 25.0 Å². The first-order valence-corrected chi connectivity index (χ1v) is 26.3. The molecule has 0 aliphatic carbocycles. The molecule has 0 spiro atoms. The van der Waals surface area contributed by atoms with Gasteiger partial charge in [-0.1, -0.05) is 90.0 Å². The molecule has 46 heavy (non-hydrogen) atoms. The van der Waals surface area contributed by atoms with Crippen molar-refractivity contribution in [1.29, 1.82) is 0 Å². The third kappa shape index (κ3) is 7.11. The minimum Gasteiger partial charge on any atom is -0.416 e. The zero-order valence-corrected chi connectivity index (χ0v) is 35.3. The monoisotopic (exact) mass is 702 g/mol. The van der Waals surface area contributed by atoms with Crippen LogP contribution in [-0.2, 0) is 22.8 Å². The fraction of sp³-hybridized carbons (Fsp3) is 1.00. The Balaban J connectivity index is 2.20. The first-order chi connectivity index (χ1) is 21.4. The lowest BCUT2D eigenvalue weighted by atomic mass is 9.71. The number of aliphatic hydroxyl groups excluding tert-OH is 1. The summed E-state index contributed by atoms with van der Waals surface area (Å²) < 4.78 is 36.3.